The number of hydrogen-bond donors (Lipinski definition) is 0. The Bertz CT molecular complexity index is 1870. The molecule has 496 valence electrons. The maximum Gasteiger partial charge on any atom is 0.115 e. The van der Waals surface area contributed by atoms with E-state index in [9.17, 15) is 0 Å². The highest BCUT2D eigenvalue weighted by Crippen LogP contribution is 2.14. The molecule has 0 saturated heterocycles. The van der Waals surface area contributed by atoms with Gasteiger partial charge < -0.3 is 0 Å². The van der Waals surface area contributed by atoms with E-state index < -0.39 is 0 Å². The van der Waals surface area contributed by atoms with Crippen molar-refractivity contribution >= 4 is 0 Å². The summed E-state index contributed by atoms with van der Waals surface area (Å²) in [5, 5.41) is 15.1. The van der Waals surface area contributed by atoms with E-state index in [4.69, 9.17) is 0 Å². The molecule has 0 N–H and O–H groups in total. The minimum absolute atomic E-state index is 0.485. The van der Waals surface area contributed by atoms with Crippen LogP contribution in [0.4, 0.5) is 0 Å². The van der Waals surface area contributed by atoms with Crippen molar-refractivity contribution < 1.29 is 0 Å². The Kier molecular flexibility index (Phi) is 84.1. The average molecular weight is 1210 g/mol. The molecular weight excluding hydrogens is 1080 g/mol. The predicted octanol–water partition coefficient (Wildman–Crippen LogP) is 24.0. The number of benzene rings is 1. The summed E-state index contributed by atoms with van der Waals surface area (Å²) in [6, 6.07) is 30.5. The highest BCUT2D eigenvalue weighted by molar-refractivity contribution is 5.18. The Labute approximate surface area is 544 Å². The van der Waals surface area contributed by atoms with Gasteiger partial charge in [0.15, 0.2) is 0 Å². The third-order valence-corrected chi connectivity index (χ3v) is 10.3. The molecule has 11 nitrogen and oxygen atoms in total. The number of aromatic nitrogens is 11. The van der Waals surface area contributed by atoms with Gasteiger partial charge in [-0.2, -0.15) is 20.4 Å². The molecule has 0 atom stereocenters. The van der Waals surface area contributed by atoms with Crippen LogP contribution >= 0.6 is 0 Å². The molecule has 8 aromatic rings. The van der Waals surface area contributed by atoms with E-state index in [0.717, 1.165) is 17.1 Å². The van der Waals surface area contributed by atoms with Gasteiger partial charge in [-0.25, -0.2) is 9.97 Å². The highest BCUT2D eigenvalue weighted by atomic mass is 15.1. The fraction of sp³-hybridized carbons (Fsp3) is 0.519. The summed E-state index contributed by atoms with van der Waals surface area (Å²) >= 11 is 0. The van der Waals surface area contributed by atoms with Gasteiger partial charge in [0.25, 0.3) is 0 Å². The second-order valence-electron chi connectivity index (χ2n) is 19.1. The van der Waals surface area contributed by atoms with Crippen molar-refractivity contribution in [3.63, 3.8) is 0 Å². The first-order valence-electron chi connectivity index (χ1n) is 33.2. The lowest BCUT2D eigenvalue weighted by Gasteiger charge is -2.01. The maximum absolute atomic E-state index is 4.18. The first kappa shape index (κ1) is 97.3. The quantitative estimate of drug-likeness (QED) is 0.143. The second kappa shape index (κ2) is 76.1. The second-order valence-corrected chi connectivity index (χ2v) is 19.1. The Morgan fingerprint density at radius 2 is 0.602 bits per heavy atom. The molecule has 0 saturated carbocycles. The predicted molar refractivity (Wildman–Crippen MR) is 391 cm³/mol. The minimum atomic E-state index is 0.485. The van der Waals surface area contributed by atoms with Gasteiger partial charge >= 0.3 is 0 Å². The van der Waals surface area contributed by atoms with Crippen LogP contribution in [0.5, 0.6) is 0 Å². The van der Waals surface area contributed by atoms with Crippen LogP contribution in [-0.2, 0) is 0 Å². The minimum Gasteiger partial charge on any atom is -0.265 e. The van der Waals surface area contributed by atoms with Gasteiger partial charge in [0, 0.05) is 80.1 Å². The SMILES string of the molecule is CC.CC.CC.CC.CC.CC.CC.CC.CC(C)c1ccccc1.CC(C)c1ccccn1.CC(C)c1cccnc1.CC(C)c1cccnn1.CC(C)c1ccncc1.CC(C)c1ccnnc1.CC(C)c1cnccn1.CC(C)c1cncnc1. The van der Waals surface area contributed by atoms with E-state index in [-0.39, 0.29) is 0 Å². The summed E-state index contributed by atoms with van der Waals surface area (Å²) < 4.78 is 0. The summed E-state index contributed by atoms with van der Waals surface area (Å²) in [7, 11) is 0. The molecule has 7 heterocycles. The zero-order valence-electron chi connectivity index (χ0n) is 62.3. The van der Waals surface area contributed by atoms with Gasteiger partial charge in [-0.15, -0.1) is 0 Å². The molecule has 8 rings (SSSR count). The van der Waals surface area contributed by atoms with Crippen LogP contribution in [0, 0.1) is 0 Å². The Hall–Kier alpha value is -7.01. The van der Waals surface area contributed by atoms with Crippen molar-refractivity contribution in [2.75, 3.05) is 0 Å². The van der Waals surface area contributed by atoms with Crippen LogP contribution in [0.1, 0.15) is 314 Å². The largest absolute Gasteiger partial charge is 0.265 e. The molecule has 0 fully saturated rings. The molecule has 88 heavy (non-hydrogen) atoms. The molecule has 0 spiro atoms. The lowest BCUT2D eigenvalue weighted by molar-refractivity contribution is 0.785. The lowest BCUT2D eigenvalue weighted by Crippen LogP contribution is -1.92. The summed E-state index contributed by atoms with van der Waals surface area (Å²) in [5.41, 5.74) is 9.77. The van der Waals surface area contributed by atoms with Crippen molar-refractivity contribution in [2.24, 2.45) is 0 Å². The van der Waals surface area contributed by atoms with Crippen LogP contribution < -0.4 is 0 Å². The topological polar surface area (TPSA) is 142 Å². The first-order valence-corrected chi connectivity index (χ1v) is 33.2. The number of hydrogen-bond acceptors (Lipinski definition) is 11. The smallest absolute Gasteiger partial charge is 0.115 e. The molecule has 7 aromatic heterocycles. The fourth-order valence-corrected chi connectivity index (χ4v) is 5.50. The van der Waals surface area contributed by atoms with Crippen LogP contribution in [0.2, 0.25) is 0 Å². The average Bonchev–Trinajstić information content (AvgIpc) is 3.61. The summed E-state index contributed by atoms with van der Waals surface area (Å²) in [4.78, 5) is 28.0. The van der Waals surface area contributed by atoms with E-state index in [2.05, 4.69) is 196 Å². The molecular formula is C77H133N11. The molecule has 1 aromatic carbocycles. The standard InChI is InChI=1S/C9H12.3C8H11N.4C7H10N2.8C2H6/c1-8(2)9-6-4-3-5-7-9;1-7(2)8-3-5-9-6-4-8;1-7(2)8-4-3-5-9-6-8;1-7(2)8-5-3-4-6-9-8;1-6(2)7-3-8-5-9-4-7;1-6(2)7-5-8-3-4-9-7;1-6(2)7-3-4-8-9-5-7;1-6(2)7-4-3-5-8-9-7;8*1-2/h3-8H,1-2H3;3*3-7H,1-2H3;4*3-6H,1-2H3;8*1-2H3. The van der Waals surface area contributed by atoms with Crippen molar-refractivity contribution in [2.45, 2.75) is 269 Å². The first-order chi connectivity index (χ1) is 42.4. The van der Waals surface area contributed by atoms with Gasteiger partial charge in [0.2, 0.25) is 0 Å². The Morgan fingerprint density at radius 3 is 0.875 bits per heavy atom. The zero-order valence-corrected chi connectivity index (χ0v) is 62.3. The van der Waals surface area contributed by atoms with E-state index >= 15 is 0 Å². The van der Waals surface area contributed by atoms with Crippen LogP contribution in [0.15, 0.2) is 178 Å². The van der Waals surface area contributed by atoms with E-state index in [1.807, 2.05) is 209 Å². The van der Waals surface area contributed by atoms with Crippen LogP contribution in [0.3, 0.4) is 0 Å². The summed E-state index contributed by atoms with van der Waals surface area (Å²) in [6.07, 6.45) is 24.8. The Morgan fingerprint density at radius 1 is 0.216 bits per heavy atom. The number of rotatable bonds is 8. The zero-order chi connectivity index (χ0) is 69.5. The molecule has 0 radical (unpaired) electrons. The van der Waals surface area contributed by atoms with Crippen molar-refractivity contribution in [1.29, 1.82) is 0 Å². The van der Waals surface area contributed by atoms with Crippen molar-refractivity contribution in [3.05, 3.63) is 223 Å². The van der Waals surface area contributed by atoms with Crippen molar-refractivity contribution in [3.8, 4) is 0 Å². The monoisotopic (exact) mass is 1210 g/mol. The molecule has 0 aliphatic carbocycles. The summed E-state index contributed by atoms with van der Waals surface area (Å²) in [5.74, 6) is 4.48. The van der Waals surface area contributed by atoms with Gasteiger partial charge in [0.1, 0.15) is 6.33 Å². The maximum atomic E-state index is 4.18. The summed E-state index contributed by atoms with van der Waals surface area (Å²) in [6.45, 7) is 66.3. The lowest BCUT2D eigenvalue weighted by atomic mass is 10.0. The van der Waals surface area contributed by atoms with Gasteiger partial charge in [-0.1, -0.05) is 264 Å². The van der Waals surface area contributed by atoms with Crippen LogP contribution in [0.25, 0.3) is 0 Å². The molecule has 11 heteroatoms. The molecule has 0 amide bonds. The number of pyridine rings is 3. The third-order valence-electron chi connectivity index (χ3n) is 10.3. The van der Waals surface area contributed by atoms with Gasteiger partial charge in [-0.3, -0.25) is 24.9 Å². The van der Waals surface area contributed by atoms with E-state index in [1.165, 1.54) is 27.8 Å². The fourth-order valence-electron chi connectivity index (χ4n) is 5.50. The highest BCUT2D eigenvalue weighted by Gasteiger charge is 2.00. The van der Waals surface area contributed by atoms with Gasteiger partial charge in [-0.05, 0) is 124 Å². The van der Waals surface area contributed by atoms with Crippen molar-refractivity contribution in [1.82, 2.24) is 55.3 Å². The number of nitrogens with zero attached hydrogens (tertiary/aromatic N) is 11. The molecule has 0 aliphatic heterocycles. The van der Waals surface area contributed by atoms with Gasteiger partial charge in [0.05, 0.1) is 17.6 Å². The molecule has 0 unspecified atom stereocenters. The normalized spacial score (nSPS) is 8.82. The molecule has 0 aliphatic rings. The molecule has 0 bridgehead atoms. The van der Waals surface area contributed by atoms with E-state index in [0.29, 0.717) is 47.3 Å². The van der Waals surface area contributed by atoms with Crippen LogP contribution in [-0.4, -0.2) is 55.3 Å². The third kappa shape index (κ3) is 60.7. The Balaban J connectivity index is -0.000000134. The van der Waals surface area contributed by atoms with E-state index in [1.54, 1.807) is 49.7 Å².